The molecule has 0 aliphatic heterocycles. The van der Waals surface area contributed by atoms with E-state index in [0.717, 1.165) is 27.4 Å². The number of benzene rings is 1. The number of hydrogen-bond acceptors (Lipinski definition) is 15. The first-order valence-electron chi connectivity index (χ1n) is 17.6. The highest BCUT2D eigenvalue weighted by Crippen LogP contribution is 2.22. The van der Waals surface area contributed by atoms with E-state index in [-0.39, 0.29) is 29.9 Å². The molecule has 23 heteroatoms. The summed E-state index contributed by atoms with van der Waals surface area (Å²) >= 11 is 0. The number of phenols is 1. The summed E-state index contributed by atoms with van der Waals surface area (Å²) in [6.45, 7) is 2.44. The van der Waals surface area contributed by atoms with E-state index in [0.29, 0.717) is 5.39 Å². The number of ketones is 1. The summed E-state index contributed by atoms with van der Waals surface area (Å²) in [5.74, 6) is -11.8. The second-order valence-electron chi connectivity index (χ2n) is 13.1. The lowest BCUT2D eigenvalue weighted by molar-refractivity contribution is -0.175. The molecule has 1 aromatic heterocycles. The van der Waals surface area contributed by atoms with Crippen molar-refractivity contribution in [2.75, 3.05) is 27.9 Å². The topological polar surface area (TPSA) is 292 Å². The summed E-state index contributed by atoms with van der Waals surface area (Å²) in [7, 11) is 2.86. The molecule has 324 valence electrons. The minimum absolute atomic E-state index is 0.0352. The van der Waals surface area contributed by atoms with Gasteiger partial charge in [0.1, 0.15) is 35.5 Å². The zero-order chi connectivity index (χ0) is 44.6. The van der Waals surface area contributed by atoms with Crippen LogP contribution in [0.5, 0.6) is 5.75 Å². The molecule has 0 bridgehead atoms. The van der Waals surface area contributed by atoms with E-state index in [4.69, 9.17) is 4.42 Å². The van der Waals surface area contributed by atoms with Gasteiger partial charge < -0.3 is 50.3 Å². The van der Waals surface area contributed by atoms with Crippen LogP contribution in [0.2, 0.25) is 0 Å². The third-order valence-corrected chi connectivity index (χ3v) is 8.34. The van der Waals surface area contributed by atoms with Crippen molar-refractivity contribution >= 4 is 64.2 Å². The molecule has 0 saturated heterocycles. The van der Waals surface area contributed by atoms with Gasteiger partial charge >= 0.3 is 29.7 Å². The molecule has 5 amide bonds. The van der Waals surface area contributed by atoms with Crippen LogP contribution in [-0.2, 0) is 63.8 Å². The average Bonchev–Trinajstić information content (AvgIpc) is 3.16. The number of nitrogens with one attached hydrogen (secondary N) is 5. The number of hydrogen-bond donors (Lipinski definition) is 6. The number of phenolic OH excluding ortho intramolecular Hbond substituents is 1. The molecule has 3 unspecified atom stereocenters. The molecule has 0 saturated carbocycles. The number of esters is 3. The van der Waals surface area contributed by atoms with Crippen molar-refractivity contribution < 1.29 is 80.1 Å². The number of carbonyl (C=O) groups is 9. The largest absolute Gasteiger partial charge is 0.508 e. The van der Waals surface area contributed by atoms with E-state index >= 15 is 0 Å². The van der Waals surface area contributed by atoms with Gasteiger partial charge in [0, 0.05) is 36.9 Å². The predicted octanol–water partition coefficient (Wildman–Crippen LogP) is -0.647. The zero-order valence-electron chi connectivity index (χ0n) is 32.4. The van der Waals surface area contributed by atoms with Gasteiger partial charge in [-0.3, -0.25) is 43.2 Å². The molecule has 6 N–H and O–H groups in total. The van der Waals surface area contributed by atoms with Gasteiger partial charge in [0.15, 0.2) is 0 Å². The number of methoxy groups -OCH3 is 3. The number of rotatable bonds is 21. The van der Waals surface area contributed by atoms with Gasteiger partial charge in [0.05, 0.1) is 40.6 Å². The van der Waals surface area contributed by atoms with Gasteiger partial charge in [0.25, 0.3) is 5.78 Å². The summed E-state index contributed by atoms with van der Waals surface area (Å²) in [5, 5.41) is 21.1. The Kier molecular flexibility index (Phi) is 18.5. The Labute approximate surface area is 333 Å². The lowest BCUT2D eigenvalue weighted by atomic mass is 10.00. The fourth-order valence-corrected chi connectivity index (χ4v) is 5.25. The first kappa shape index (κ1) is 48.6. The maximum atomic E-state index is 13.5. The molecule has 2 aromatic rings. The average molecular weight is 844 g/mol. The van der Waals surface area contributed by atoms with Gasteiger partial charge in [0.2, 0.25) is 29.5 Å². The highest BCUT2D eigenvalue weighted by atomic mass is 19.4. The molecular weight excluding hydrogens is 799 g/mol. The van der Waals surface area contributed by atoms with E-state index in [2.05, 4.69) is 35.5 Å². The predicted molar refractivity (Wildman–Crippen MR) is 194 cm³/mol. The zero-order valence-corrected chi connectivity index (χ0v) is 32.4. The van der Waals surface area contributed by atoms with Crippen LogP contribution < -0.4 is 32.2 Å². The van der Waals surface area contributed by atoms with Crippen LogP contribution in [0.3, 0.4) is 0 Å². The summed E-state index contributed by atoms with van der Waals surface area (Å²) in [6, 6.07) is -2.50. The summed E-state index contributed by atoms with van der Waals surface area (Å²) in [6.07, 6.45) is -9.23. The van der Waals surface area contributed by atoms with Crippen LogP contribution in [0.25, 0.3) is 11.0 Å². The van der Waals surface area contributed by atoms with Crippen LogP contribution in [0.4, 0.5) is 13.2 Å². The van der Waals surface area contributed by atoms with Gasteiger partial charge in [-0.25, -0.2) is 4.79 Å². The van der Waals surface area contributed by atoms with E-state index in [1.54, 1.807) is 5.32 Å². The van der Waals surface area contributed by atoms with Crippen LogP contribution in [0.15, 0.2) is 33.5 Å². The molecule has 0 aliphatic carbocycles. The second-order valence-corrected chi connectivity index (χ2v) is 13.1. The van der Waals surface area contributed by atoms with Crippen LogP contribution in [-0.4, -0.2) is 117 Å². The van der Waals surface area contributed by atoms with Gasteiger partial charge in [-0.1, -0.05) is 13.8 Å². The molecule has 0 fully saturated rings. The SMILES string of the molecule is COC(=O)CCC(NC(=O)C(CC(=O)OC)NC(=O)CCNC(=O)Cc1cc(=O)oc2cc(O)ccc12)C(=O)N[C@@H](C(=O)NC(CC(=O)OC)C(=O)C(F)(F)F)C(C)C. The number of halogens is 3. The normalized spacial score (nSPS) is 13.2. The Balaban J connectivity index is 2.21. The number of aromatic hydroxyl groups is 1. The minimum atomic E-state index is -5.47. The molecule has 1 heterocycles. The summed E-state index contributed by atoms with van der Waals surface area (Å²) < 4.78 is 58.3. The molecule has 0 radical (unpaired) electrons. The summed E-state index contributed by atoms with van der Waals surface area (Å²) in [5.41, 5.74) is -0.481. The molecule has 59 heavy (non-hydrogen) atoms. The fraction of sp³-hybridized carbons (Fsp3) is 0.500. The van der Waals surface area contributed by atoms with Crippen molar-refractivity contribution in [3.63, 3.8) is 0 Å². The van der Waals surface area contributed by atoms with Gasteiger partial charge in [-0.15, -0.1) is 0 Å². The van der Waals surface area contributed by atoms with E-state index in [1.807, 2.05) is 0 Å². The quantitative estimate of drug-likeness (QED) is 0.0517. The Bertz CT molecular complexity index is 1970. The smallest absolute Gasteiger partial charge is 0.452 e. The molecule has 20 nitrogen and oxygen atoms in total. The first-order valence-corrected chi connectivity index (χ1v) is 17.6. The van der Waals surface area contributed by atoms with Crippen molar-refractivity contribution in [1.82, 2.24) is 26.6 Å². The van der Waals surface area contributed by atoms with Gasteiger partial charge in [-0.2, -0.15) is 13.2 Å². The van der Waals surface area contributed by atoms with Crippen LogP contribution >= 0.6 is 0 Å². The monoisotopic (exact) mass is 843 g/mol. The number of alkyl halides is 3. The Morgan fingerprint density at radius 2 is 1.31 bits per heavy atom. The maximum Gasteiger partial charge on any atom is 0.452 e. The summed E-state index contributed by atoms with van der Waals surface area (Å²) in [4.78, 5) is 126. The van der Waals surface area contributed by atoms with E-state index < -0.39 is 127 Å². The van der Waals surface area contributed by atoms with E-state index in [9.17, 15) is 66.2 Å². The highest BCUT2D eigenvalue weighted by molar-refractivity contribution is 5.99. The van der Waals surface area contributed by atoms with Crippen LogP contribution in [0, 0.1) is 5.92 Å². The third-order valence-electron chi connectivity index (χ3n) is 8.34. The Morgan fingerprint density at radius 3 is 1.88 bits per heavy atom. The number of carbonyl (C=O) groups excluding carboxylic acids is 9. The number of fused-ring (bicyclic) bond motifs is 1. The number of amides is 5. The molecule has 0 aliphatic rings. The fourth-order valence-electron chi connectivity index (χ4n) is 5.25. The second kappa shape index (κ2) is 22.4. The van der Waals surface area contributed by atoms with Crippen LogP contribution in [0.1, 0.15) is 51.5 Å². The number of ether oxygens (including phenoxy) is 3. The molecular formula is C36H44F3N5O15. The Hall–Kier alpha value is -6.55. The highest BCUT2D eigenvalue weighted by Gasteiger charge is 2.45. The minimum Gasteiger partial charge on any atom is -0.508 e. The molecule has 4 atom stereocenters. The van der Waals surface area contributed by atoms with E-state index in [1.165, 1.54) is 32.0 Å². The Morgan fingerprint density at radius 1 is 0.729 bits per heavy atom. The molecule has 0 spiro atoms. The van der Waals surface area contributed by atoms with Crippen molar-refractivity contribution in [2.45, 2.75) is 82.7 Å². The third kappa shape index (κ3) is 15.7. The van der Waals surface area contributed by atoms with Gasteiger partial charge in [-0.05, 0) is 30.0 Å². The van der Waals surface area contributed by atoms with Crippen molar-refractivity contribution in [1.29, 1.82) is 0 Å². The lowest BCUT2D eigenvalue weighted by Gasteiger charge is -2.28. The first-order chi connectivity index (χ1) is 27.6. The lowest BCUT2D eigenvalue weighted by Crippen LogP contribution is -2.59. The van der Waals surface area contributed by atoms with Crippen molar-refractivity contribution in [3.8, 4) is 5.75 Å². The standard InChI is InChI=1S/C36H44F3N5O15/c1-17(2)31(35(55)43-22(15-28(49)57-4)32(52)36(37,38)39)44-33(53)21(8-9-27(48)56-3)42-34(54)23(16-29(50)58-5)41-25(46)10-11-40-26(47)12-18-13-30(51)59-24-14-19(45)6-7-20(18)24/h6-7,13-14,17,21-23,31,45H,8-12,15-16H2,1-5H3,(H,40,47)(H,41,46)(H,42,54)(H,43,55)(H,44,53)/t21?,22?,23?,31-/m1/s1. The number of Topliss-reactive ketones (excluding diaryl/α,β-unsaturated/α-hetero) is 1. The molecule has 2 rings (SSSR count). The van der Waals surface area contributed by atoms with Crippen molar-refractivity contribution in [2.24, 2.45) is 5.92 Å². The van der Waals surface area contributed by atoms with Crippen molar-refractivity contribution in [3.05, 3.63) is 40.2 Å². The maximum absolute atomic E-state index is 13.5. The molecule has 1 aromatic carbocycles.